The maximum Gasteiger partial charge on any atom is 0.255 e. The summed E-state index contributed by atoms with van der Waals surface area (Å²) in [5.41, 5.74) is 1.64. The summed E-state index contributed by atoms with van der Waals surface area (Å²) in [5.74, 6) is -0.414. The molecule has 1 aromatic carbocycles. The van der Waals surface area contributed by atoms with Crippen LogP contribution in [0.1, 0.15) is 46.7 Å². The molecular formula is C19H23ClN4O3. The molecule has 0 saturated carbocycles. The molecule has 1 aromatic heterocycles. The molecule has 1 aliphatic rings. The minimum Gasteiger partial charge on any atom is -0.507 e. The Morgan fingerprint density at radius 1 is 1.33 bits per heavy atom. The van der Waals surface area contributed by atoms with Gasteiger partial charge in [-0.3, -0.25) is 14.3 Å². The zero-order valence-corrected chi connectivity index (χ0v) is 16.1. The molecular weight excluding hydrogens is 368 g/mol. The number of amides is 2. The Labute approximate surface area is 162 Å². The van der Waals surface area contributed by atoms with Crippen molar-refractivity contribution in [3.63, 3.8) is 0 Å². The summed E-state index contributed by atoms with van der Waals surface area (Å²) < 4.78 is 1.86. The Balaban J connectivity index is 1.64. The monoisotopic (exact) mass is 390 g/mol. The Kier molecular flexibility index (Phi) is 5.70. The maximum absolute atomic E-state index is 12.3. The predicted octanol–water partition coefficient (Wildman–Crippen LogP) is 2.37. The molecule has 2 amide bonds. The van der Waals surface area contributed by atoms with Crippen molar-refractivity contribution in [2.75, 3.05) is 6.54 Å². The summed E-state index contributed by atoms with van der Waals surface area (Å²) in [4.78, 5) is 24.7. The fourth-order valence-electron chi connectivity index (χ4n) is 3.23. The standard InChI is InChI=1S/C19H23ClN4O3/c1-11(2)23-19(27)15-10-22-24-6-5-12(7-16(15)24)9-21-18(26)14-8-13(20)3-4-17(14)25/h3-4,8,10-12,25H,5-7,9H2,1-2H3,(H,21,26)(H,23,27)/t12-/m0/s1. The van der Waals surface area contributed by atoms with Crippen molar-refractivity contribution in [1.29, 1.82) is 0 Å². The minimum atomic E-state index is -0.369. The summed E-state index contributed by atoms with van der Waals surface area (Å²) in [6.45, 7) is 4.98. The smallest absolute Gasteiger partial charge is 0.255 e. The normalized spacial score (nSPS) is 16.1. The lowest BCUT2D eigenvalue weighted by atomic mass is 9.94. The zero-order valence-electron chi connectivity index (χ0n) is 15.3. The Bertz CT molecular complexity index is 863. The average Bonchev–Trinajstić information content (AvgIpc) is 3.04. The molecule has 8 heteroatoms. The van der Waals surface area contributed by atoms with Crippen LogP contribution in [0.15, 0.2) is 24.4 Å². The van der Waals surface area contributed by atoms with Gasteiger partial charge >= 0.3 is 0 Å². The number of nitrogens with one attached hydrogen (secondary N) is 2. The number of halogens is 1. The lowest BCUT2D eigenvalue weighted by Gasteiger charge is -2.24. The number of fused-ring (bicyclic) bond motifs is 1. The highest BCUT2D eigenvalue weighted by molar-refractivity contribution is 6.31. The van der Waals surface area contributed by atoms with E-state index in [1.807, 2.05) is 18.5 Å². The predicted molar refractivity (Wildman–Crippen MR) is 102 cm³/mol. The fraction of sp³-hybridized carbons (Fsp3) is 0.421. The first kappa shape index (κ1) is 19.2. The van der Waals surface area contributed by atoms with E-state index in [0.29, 0.717) is 30.1 Å². The Morgan fingerprint density at radius 3 is 2.85 bits per heavy atom. The van der Waals surface area contributed by atoms with E-state index in [2.05, 4.69) is 15.7 Å². The third-order valence-electron chi connectivity index (χ3n) is 4.60. The number of aromatic hydroxyl groups is 1. The number of nitrogens with zero attached hydrogens (tertiary/aromatic N) is 2. The molecule has 0 unspecified atom stereocenters. The van der Waals surface area contributed by atoms with Crippen molar-refractivity contribution in [2.45, 2.75) is 39.3 Å². The van der Waals surface area contributed by atoms with Crippen molar-refractivity contribution in [3.8, 4) is 5.75 Å². The van der Waals surface area contributed by atoms with Crippen LogP contribution in [0.2, 0.25) is 5.02 Å². The number of carbonyl (C=O) groups excluding carboxylic acids is 2. The van der Waals surface area contributed by atoms with Gasteiger partial charge in [-0.25, -0.2) is 0 Å². The summed E-state index contributed by atoms with van der Waals surface area (Å²) in [7, 11) is 0. The topological polar surface area (TPSA) is 96.3 Å². The van der Waals surface area contributed by atoms with Gasteiger partial charge in [0, 0.05) is 24.2 Å². The van der Waals surface area contributed by atoms with Gasteiger partial charge in [-0.2, -0.15) is 5.10 Å². The van der Waals surface area contributed by atoms with E-state index < -0.39 is 0 Å². The maximum atomic E-state index is 12.3. The number of phenolic OH excluding ortho intramolecular Hbond substituents is 1. The second-order valence-electron chi connectivity index (χ2n) is 7.09. The third-order valence-corrected chi connectivity index (χ3v) is 4.83. The molecule has 144 valence electrons. The van der Waals surface area contributed by atoms with Crippen LogP contribution in [0.4, 0.5) is 0 Å². The largest absolute Gasteiger partial charge is 0.507 e. The van der Waals surface area contributed by atoms with Crippen molar-refractivity contribution in [3.05, 3.63) is 46.2 Å². The van der Waals surface area contributed by atoms with Gasteiger partial charge in [-0.1, -0.05) is 11.6 Å². The molecule has 0 radical (unpaired) electrons. The van der Waals surface area contributed by atoms with Crippen LogP contribution in [-0.4, -0.2) is 39.3 Å². The zero-order chi connectivity index (χ0) is 19.6. The first-order valence-electron chi connectivity index (χ1n) is 8.97. The number of benzene rings is 1. The summed E-state index contributed by atoms with van der Waals surface area (Å²) in [6, 6.07) is 4.42. The number of carbonyl (C=O) groups is 2. The lowest BCUT2D eigenvalue weighted by molar-refractivity contribution is 0.0928. The molecule has 0 bridgehead atoms. The average molecular weight is 391 g/mol. The molecule has 7 nitrogen and oxygen atoms in total. The van der Waals surface area contributed by atoms with Crippen LogP contribution in [0.25, 0.3) is 0 Å². The number of rotatable bonds is 5. The molecule has 2 heterocycles. The summed E-state index contributed by atoms with van der Waals surface area (Å²) in [5, 5.41) is 20.3. The molecule has 2 aromatic rings. The second-order valence-corrected chi connectivity index (χ2v) is 7.52. The first-order valence-corrected chi connectivity index (χ1v) is 9.35. The van der Waals surface area contributed by atoms with Crippen LogP contribution >= 0.6 is 11.6 Å². The van der Waals surface area contributed by atoms with Crippen molar-refractivity contribution < 1.29 is 14.7 Å². The van der Waals surface area contributed by atoms with Crippen molar-refractivity contribution in [1.82, 2.24) is 20.4 Å². The van der Waals surface area contributed by atoms with E-state index in [1.54, 1.807) is 6.20 Å². The fourth-order valence-corrected chi connectivity index (χ4v) is 3.40. The van der Waals surface area contributed by atoms with E-state index >= 15 is 0 Å². The Hall–Kier alpha value is -2.54. The van der Waals surface area contributed by atoms with Crippen LogP contribution < -0.4 is 10.6 Å². The molecule has 1 atom stereocenters. The van der Waals surface area contributed by atoms with Crippen LogP contribution in [0, 0.1) is 5.92 Å². The van der Waals surface area contributed by atoms with Gasteiger partial charge in [0.25, 0.3) is 11.8 Å². The van der Waals surface area contributed by atoms with Gasteiger partial charge in [-0.15, -0.1) is 0 Å². The van der Waals surface area contributed by atoms with E-state index in [4.69, 9.17) is 11.6 Å². The first-order chi connectivity index (χ1) is 12.8. The third kappa shape index (κ3) is 4.42. The number of aromatic nitrogens is 2. The molecule has 3 rings (SSSR count). The minimum absolute atomic E-state index is 0.0529. The van der Waals surface area contributed by atoms with Crippen LogP contribution in [0.5, 0.6) is 5.75 Å². The molecule has 0 spiro atoms. The molecule has 0 aliphatic carbocycles. The van der Waals surface area contributed by atoms with Crippen LogP contribution in [0.3, 0.4) is 0 Å². The van der Waals surface area contributed by atoms with Gasteiger partial charge in [-0.05, 0) is 50.8 Å². The number of aryl methyl sites for hydroxylation is 1. The number of hydrogen-bond acceptors (Lipinski definition) is 4. The summed E-state index contributed by atoms with van der Waals surface area (Å²) >= 11 is 5.90. The molecule has 27 heavy (non-hydrogen) atoms. The van der Waals surface area contributed by atoms with Crippen molar-refractivity contribution >= 4 is 23.4 Å². The highest BCUT2D eigenvalue weighted by Crippen LogP contribution is 2.24. The second kappa shape index (κ2) is 8.00. The lowest BCUT2D eigenvalue weighted by Crippen LogP contribution is -2.35. The van der Waals surface area contributed by atoms with Gasteiger partial charge in [0.2, 0.25) is 0 Å². The molecule has 3 N–H and O–H groups in total. The van der Waals surface area contributed by atoms with Crippen LogP contribution in [-0.2, 0) is 13.0 Å². The van der Waals surface area contributed by atoms with Gasteiger partial charge < -0.3 is 15.7 Å². The highest BCUT2D eigenvalue weighted by Gasteiger charge is 2.26. The van der Waals surface area contributed by atoms with Gasteiger partial charge in [0.1, 0.15) is 5.75 Å². The Morgan fingerprint density at radius 2 is 2.11 bits per heavy atom. The molecule has 0 fully saturated rings. The highest BCUT2D eigenvalue weighted by atomic mass is 35.5. The van der Waals surface area contributed by atoms with E-state index in [1.165, 1.54) is 18.2 Å². The van der Waals surface area contributed by atoms with Gasteiger partial charge in [0.15, 0.2) is 0 Å². The number of phenols is 1. The SMILES string of the molecule is CC(C)NC(=O)c1cnn2c1C[C@@H](CNC(=O)c1cc(Cl)ccc1O)CC2. The van der Waals surface area contributed by atoms with Gasteiger partial charge in [0.05, 0.1) is 23.0 Å². The number of hydrogen-bond donors (Lipinski definition) is 3. The van der Waals surface area contributed by atoms with E-state index in [9.17, 15) is 14.7 Å². The van der Waals surface area contributed by atoms with E-state index in [-0.39, 0.29) is 35.1 Å². The summed E-state index contributed by atoms with van der Waals surface area (Å²) in [6.07, 6.45) is 3.11. The van der Waals surface area contributed by atoms with E-state index in [0.717, 1.165) is 12.1 Å². The quantitative estimate of drug-likeness (QED) is 0.730. The molecule has 1 aliphatic heterocycles. The van der Waals surface area contributed by atoms with Crippen molar-refractivity contribution in [2.24, 2.45) is 5.92 Å². The molecule has 0 saturated heterocycles.